The van der Waals surface area contributed by atoms with Gasteiger partial charge >= 0.3 is 5.69 Å². The van der Waals surface area contributed by atoms with Crippen molar-refractivity contribution in [2.75, 3.05) is 0 Å². The van der Waals surface area contributed by atoms with Crippen molar-refractivity contribution < 1.29 is 0 Å². The smallest absolute Gasteiger partial charge is 0.304 e. The second-order valence-corrected chi connectivity index (χ2v) is 5.32. The van der Waals surface area contributed by atoms with E-state index in [2.05, 4.69) is 27.5 Å². The molecule has 0 fully saturated rings. The van der Waals surface area contributed by atoms with Crippen LogP contribution in [-0.2, 0) is 20.6 Å². The Balaban J connectivity index is 2.99. The molecule has 8 heteroatoms. The quantitative estimate of drug-likeness (QED) is 0.770. The third-order valence-electron chi connectivity index (χ3n) is 2.63. The molecule has 2 rings (SSSR count). The third-order valence-corrected chi connectivity index (χ3v) is 3.17. The van der Waals surface area contributed by atoms with Crippen molar-refractivity contribution in [3.05, 3.63) is 37.2 Å². The Kier molecular flexibility index (Phi) is 3.20. The van der Waals surface area contributed by atoms with E-state index >= 15 is 0 Å². The molecule has 0 radical (unpaired) electrons. The molecule has 0 bridgehead atoms. The first-order valence-electron chi connectivity index (χ1n) is 4.99. The van der Waals surface area contributed by atoms with Crippen molar-refractivity contribution in [3.8, 4) is 0 Å². The molecule has 0 saturated heterocycles. The Bertz CT molecular complexity index is 771. The van der Waals surface area contributed by atoms with E-state index in [1.807, 2.05) is 0 Å². The molecule has 96 valence electrons. The number of allylic oxidation sites excluding steroid dienone is 1. The molecule has 0 amide bonds. The molecule has 0 aliphatic heterocycles. The van der Waals surface area contributed by atoms with E-state index in [4.69, 9.17) is 11.6 Å². The van der Waals surface area contributed by atoms with E-state index in [0.29, 0.717) is 11.0 Å². The maximum Gasteiger partial charge on any atom is 0.332 e. The molecule has 2 aromatic heterocycles. The fourth-order valence-electron chi connectivity index (χ4n) is 1.74. The van der Waals surface area contributed by atoms with Gasteiger partial charge in [-0.05, 0) is 11.6 Å². The summed E-state index contributed by atoms with van der Waals surface area (Å²) in [4.78, 5) is 27.9. The Labute approximate surface area is 115 Å². The molecule has 2 aromatic rings. The lowest BCUT2D eigenvalue weighted by atomic mass is 10.5. The minimum Gasteiger partial charge on any atom is -0.304 e. The van der Waals surface area contributed by atoms with Crippen LogP contribution in [0.5, 0.6) is 0 Å². The molecule has 0 aromatic carbocycles. The molecule has 0 N–H and O–H groups in total. The van der Waals surface area contributed by atoms with Crippen molar-refractivity contribution >= 4 is 38.7 Å². The summed E-state index contributed by atoms with van der Waals surface area (Å²) in [5.74, 6) is 0. The van der Waals surface area contributed by atoms with Gasteiger partial charge in [0, 0.05) is 18.6 Å². The summed E-state index contributed by atoms with van der Waals surface area (Å²) in [7, 11) is 2.96. The molecule has 0 saturated carbocycles. The number of aryl methyl sites for hydroxylation is 1. The van der Waals surface area contributed by atoms with Gasteiger partial charge < -0.3 is 4.57 Å². The molecule has 6 nitrogen and oxygen atoms in total. The van der Waals surface area contributed by atoms with Crippen LogP contribution in [0, 0.1) is 0 Å². The second-order valence-electron chi connectivity index (χ2n) is 3.86. The van der Waals surface area contributed by atoms with Gasteiger partial charge in [0.25, 0.3) is 5.56 Å². The minimum atomic E-state index is -0.438. The molecule has 0 unspecified atom stereocenters. The molecule has 18 heavy (non-hydrogen) atoms. The summed E-state index contributed by atoms with van der Waals surface area (Å²) in [6, 6.07) is 0. The second kappa shape index (κ2) is 4.40. The number of aromatic nitrogens is 4. The largest absolute Gasteiger partial charge is 0.332 e. The first-order valence-corrected chi connectivity index (χ1v) is 6.16. The number of nitrogens with zero attached hydrogens (tertiary/aromatic N) is 4. The van der Waals surface area contributed by atoms with Crippen LogP contribution in [0.1, 0.15) is 0 Å². The van der Waals surface area contributed by atoms with Gasteiger partial charge in [-0.2, -0.15) is 4.98 Å². The van der Waals surface area contributed by atoms with E-state index in [9.17, 15) is 9.59 Å². The number of hydrogen-bond donors (Lipinski definition) is 0. The zero-order chi connectivity index (χ0) is 13.6. The lowest BCUT2D eigenvalue weighted by molar-refractivity contribution is 0.703. The zero-order valence-electron chi connectivity index (χ0n) is 9.78. The normalized spacial score (nSPS) is 11.1. The summed E-state index contributed by atoms with van der Waals surface area (Å²) in [6.07, 6.45) is 0. The van der Waals surface area contributed by atoms with Crippen LogP contribution in [-0.4, -0.2) is 18.7 Å². The standard InChI is InChI=1S/C10H10BrClN4O2/c1-5(11)4-16-6-7(13-9(16)12)14(2)10(18)15(3)8(6)17/h1,4H2,2-3H3. The lowest BCUT2D eigenvalue weighted by Gasteiger charge is -2.06. The molecule has 0 atom stereocenters. The molecule has 0 spiro atoms. The van der Waals surface area contributed by atoms with E-state index in [-0.39, 0.29) is 16.4 Å². The molecular formula is C10H10BrClN4O2. The van der Waals surface area contributed by atoms with E-state index < -0.39 is 11.2 Å². The predicted molar refractivity (Wildman–Crippen MR) is 73.3 cm³/mol. The van der Waals surface area contributed by atoms with E-state index in [1.54, 1.807) is 7.05 Å². The van der Waals surface area contributed by atoms with Crippen LogP contribution in [0.4, 0.5) is 0 Å². The maximum atomic E-state index is 12.1. The summed E-state index contributed by atoms with van der Waals surface area (Å²) in [5, 5.41) is 0.143. The van der Waals surface area contributed by atoms with Crippen molar-refractivity contribution in [2.24, 2.45) is 14.1 Å². The van der Waals surface area contributed by atoms with Gasteiger partial charge in [-0.25, -0.2) is 4.79 Å². The molecule has 2 heterocycles. The van der Waals surface area contributed by atoms with Crippen LogP contribution in [0.3, 0.4) is 0 Å². The van der Waals surface area contributed by atoms with Gasteiger partial charge in [-0.1, -0.05) is 22.5 Å². The zero-order valence-corrected chi connectivity index (χ0v) is 12.1. The highest BCUT2D eigenvalue weighted by Gasteiger charge is 2.17. The van der Waals surface area contributed by atoms with Crippen molar-refractivity contribution in [1.29, 1.82) is 0 Å². The highest BCUT2D eigenvalue weighted by molar-refractivity contribution is 9.11. The Morgan fingerprint density at radius 3 is 2.56 bits per heavy atom. The topological polar surface area (TPSA) is 61.8 Å². The van der Waals surface area contributed by atoms with Gasteiger partial charge in [0.1, 0.15) is 0 Å². The van der Waals surface area contributed by atoms with Gasteiger partial charge in [-0.3, -0.25) is 13.9 Å². The first-order chi connectivity index (χ1) is 8.34. The Morgan fingerprint density at radius 2 is 2.00 bits per heavy atom. The number of rotatable bonds is 2. The Morgan fingerprint density at radius 1 is 1.39 bits per heavy atom. The molecule has 0 aliphatic rings. The van der Waals surface area contributed by atoms with Gasteiger partial charge in [0.2, 0.25) is 5.28 Å². The Hall–Kier alpha value is -1.34. The van der Waals surface area contributed by atoms with Gasteiger partial charge in [-0.15, -0.1) is 0 Å². The lowest BCUT2D eigenvalue weighted by Crippen LogP contribution is -2.37. The number of fused-ring (bicyclic) bond motifs is 1. The number of imidazole rings is 1. The van der Waals surface area contributed by atoms with E-state index in [0.717, 1.165) is 4.57 Å². The molecule has 0 aliphatic carbocycles. The minimum absolute atomic E-state index is 0.143. The predicted octanol–water partition coefficient (Wildman–Crippen LogP) is 0.996. The third kappa shape index (κ3) is 1.83. The average molecular weight is 334 g/mol. The highest BCUT2D eigenvalue weighted by atomic mass is 79.9. The SMILES string of the molecule is C=C(Br)Cn1c(Cl)nc2c1c(=O)n(C)c(=O)n2C. The van der Waals surface area contributed by atoms with Crippen LogP contribution >= 0.6 is 27.5 Å². The van der Waals surface area contributed by atoms with Crippen molar-refractivity contribution in [1.82, 2.24) is 18.7 Å². The summed E-state index contributed by atoms with van der Waals surface area (Å²) in [5.41, 5.74) is -0.320. The maximum absolute atomic E-state index is 12.1. The summed E-state index contributed by atoms with van der Waals surface area (Å²) < 4.78 is 4.47. The van der Waals surface area contributed by atoms with Crippen LogP contribution in [0.2, 0.25) is 5.28 Å². The van der Waals surface area contributed by atoms with Crippen LogP contribution in [0.15, 0.2) is 20.7 Å². The van der Waals surface area contributed by atoms with Gasteiger partial charge in [0.15, 0.2) is 11.2 Å². The highest BCUT2D eigenvalue weighted by Crippen LogP contribution is 2.18. The van der Waals surface area contributed by atoms with Crippen molar-refractivity contribution in [2.45, 2.75) is 6.54 Å². The van der Waals surface area contributed by atoms with E-state index in [1.165, 1.54) is 16.2 Å². The number of hydrogen-bond acceptors (Lipinski definition) is 3. The first kappa shape index (κ1) is 13.1. The monoisotopic (exact) mass is 332 g/mol. The van der Waals surface area contributed by atoms with Crippen LogP contribution in [0.25, 0.3) is 11.2 Å². The summed E-state index contributed by atoms with van der Waals surface area (Å²) >= 11 is 9.20. The molecular weight excluding hydrogens is 323 g/mol. The van der Waals surface area contributed by atoms with Gasteiger partial charge in [0.05, 0.1) is 6.54 Å². The fourth-order valence-corrected chi connectivity index (χ4v) is 2.21. The van der Waals surface area contributed by atoms with Crippen molar-refractivity contribution in [3.63, 3.8) is 0 Å². The number of halogens is 2. The van der Waals surface area contributed by atoms with Crippen LogP contribution < -0.4 is 11.2 Å². The fraction of sp³-hybridized carbons (Fsp3) is 0.300. The average Bonchev–Trinajstić information content (AvgIpc) is 2.61. The summed E-state index contributed by atoms with van der Waals surface area (Å²) in [6.45, 7) is 4.01.